The first kappa shape index (κ1) is 29.1. The third-order valence-corrected chi connectivity index (χ3v) is 11.5. The van der Waals surface area contributed by atoms with Gasteiger partial charge in [-0.3, -0.25) is 0 Å². The number of benzene rings is 8. The van der Waals surface area contributed by atoms with E-state index in [-0.39, 0.29) is 5.92 Å². The van der Waals surface area contributed by atoms with E-state index in [0.29, 0.717) is 0 Å². The quantitative estimate of drug-likeness (QED) is 0.182. The maximum atomic E-state index is 2.62. The van der Waals surface area contributed by atoms with Crippen LogP contribution in [0.5, 0.6) is 0 Å². The molecule has 2 heteroatoms. The zero-order valence-electron chi connectivity index (χ0n) is 28.5. The van der Waals surface area contributed by atoms with Gasteiger partial charge in [0.2, 0.25) is 0 Å². The van der Waals surface area contributed by atoms with Gasteiger partial charge in [0.05, 0.1) is 22.4 Å². The van der Waals surface area contributed by atoms with E-state index in [9.17, 15) is 0 Å². The molecule has 1 aliphatic carbocycles. The molecule has 9 aromatic rings. The molecule has 1 aliphatic heterocycles. The van der Waals surface area contributed by atoms with Crippen LogP contribution < -0.4 is 4.90 Å². The summed E-state index contributed by atoms with van der Waals surface area (Å²) in [6.07, 6.45) is 0. The van der Waals surface area contributed by atoms with Crippen molar-refractivity contribution in [2.45, 2.75) is 11.5 Å². The minimum Gasteiger partial charge on any atom is -0.322 e. The van der Waals surface area contributed by atoms with Crippen LogP contribution in [-0.4, -0.2) is 4.57 Å². The van der Waals surface area contributed by atoms with Gasteiger partial charge >= 0.3 is 0 Å². The fraction of sp³-hybridized carbons (Fsp3) is 0.0400. The van der Waals surface area contributed by atoms with E-state index in [4.69, 9.17) is 0 Å². The zero-order valence-corrected chi connectivity index (χ0v) is 28.5. The number of anilines is 3. The number of fused-ring (bicyclic) bond motifs is 8. The van der Waals surface area contributed by atoms with Crippen LogP contribution in [0.1, 0.15) is 39.3 Å². The van der Waals surface area contributed by atoms with Gasteiger partial charge in [-0.2, -0.15) is 0 Å². The maximum absolute atomic E-state index is 2.62. The predicted molar refractivity (Wildman–Crippen MR) is 215 cm³/mol. The smallest absolute Gasteiger partial charge is 0.125 e. The molecule has 8 aromatic carbocycles. The van der Waals surface area contributed by atoms with Crippen molar-refractivity contribution in [3.05, 3.63) is 234 Å². The van der Waals surface area contributed by atoms with E-state index >= 15 is 0 Å². The molecule has 52 heavy (non-hydrogen) atoms. The molecule has 11 rings (SSSR count). The Morgan fingerprint density at radius 2 is 0.923 bits per heavy atom. The summed E-state index contributed by atoms with van der Waals surface area (Å²) in [4.78, 5) is 2.50. The Hall–Kier alpha value is -6.64. The van der Waals surface area contributed by atoms with Gasteiger partial charge in [0, 0.05) is 33.5 Å². The highest BCUT2D eigenvalue weighted by Gasteiger charge is 2.48. The summed E-state index contributed by atoms with van der Waals surface area (Å²) < 4.78 is 2.62. The molecule has 0 N–H and O–H groups in total. The maximum Gasteiger partial charge on any atom is 0.125 e. The molecular formula is C50H34N2. The second-order valence-corrected chi connectivity index (χ2v) is 14.0. The topological polar surface area (TPSA) is 8.17 Å². The van der Waals surface area contributed by atoms with E-state index in [1.54, 1.807) is 0 Å². The van der Waals surface area contributed by atoms with Gasteiger partial charge in [-0.1, -0.05) is 164 Å². The fourth-order valence-corrected chi connectivity index (χ4v) is 9.48. The van der Waals surface area contributed by atoms with Crippen molar-refractivity contribution < 1.29 is 0 Å². The molecular weight excluding hydrogens is 629 g/mol. The SMILES string of the molecule is c1ccc(C2c3ccccc3-c3cc(N4c5ccccc5C(c5ccccc5)(n5c6ccccc6c6ccccc65)c5ccccc54)ccc32)cc1. The molecule has 244 valence electrons. The van der Waals surface area contributed by atoms with Crippen molar-refractivity contribution in [3.8, 4) is 11.1 Å². The average Bonchev–Trinajstić information content (AvgIpc) is 3.73. The molecule has 0 radical (unpaired) electrons. The molecule has 0 fully saturated rings. The monoisotopic (exact) mass is 662 g/mol. The number of hydrogen-bond acceptors (Lipinski definition) is 1. The Morgan fingerprint density at radius 1 is 0.404 bits per heavy atom. The first-order valence-electron chi connectivity index (χ1n) is 18.2. The van der Waals surface area contributed by atoms with Crippen molar-refractivity contribution in [2.24, 2.45) is 0 Å². The van der Waals surface area contributed by atoms with E-state index in [2.05, 4.69) is 210 Å². The molecule has 2 nitrogen and oxygen atoms in total. The van der Waals surface area contributed by atoms with Crippen LogP contribution in [0.2, 0.25) is 0 Å². The molecule has 0 bridgehead atoms. The molecule has 0 spiro atoms. The predicted octanol–water partition coefficient (Wildman–Crippen LogP) is 12.6. The minimum atomic E-state index is -0.657. The van der Waals surface area contributed by atoms with E-state index in [0.717, 1.165) is 5.69 Å². The molecule has 0 saturated carbocycles. The summed E-state index contributed by atoms with van der Waals surface area (Å²) in [5.41, 5.74) is 15.7. The summed E-state index contributed by atoms with van der Waals surface area (Å²) >= 11 is 0. The Bertz CT molecular complexity index is 2710. The lowest BCUT2D eigenvalue weighted by Gasteiger charge is -2.47. The van der Waals surface area contributed by atoms with Crippen LogP contribution in [0, 0.1) is 0 Å². The molecule has 1 atom stereocenters. The van der Waals surface area contributed by atoms with E-state index in [1.165, 1.54) is 77.7 Å². The van der Waals surface area contributed by atoms with Crippen LogP contribution >= 0.6 is 0 Å². The first-order valence-corrected chi connectivity index (χ1v) is 18.2. The van der Waals surface area contributed by atoms with Crippen molar-refractivity contribution >= 4 is 38.9 Å². The normalized spacial score (nSPS) is 15.2. The number of para-hydroxylation sites is 4. The van der Waals surface area contributed by atoms with Gasteiger partial charge in [-0.25, -0.2) is 0 Å². The molecule has 1 aromatic heterocycles. The number of hydrogen-bond donors (Lipinski definition) is 0. The van der Waals surface area contributed by atoms with Gasteiger partial charge in [-0.05, 0) is 69.8 Å². The highest BCUT2D eigenvalue weighted by Crippen LogP contribution is 2.58. The molecule has 2 heterocycles. The second-order valence-electron chi connectivity index (χ2n) is 14.0. The summed E-state index contributed by atoms with van der Waals surface area (Å²) in [5, 5.41) is 2.52. The Kier molecular flexibility index (Phi) is 6.26. The van der Waals surface area contributed by atoms with Crippen molar-refractivity contribution in [1.82, 2.24) is 4.57 Å². The molecule has 2 aliphatic rings. The van der Waals surface area contributed by atoms with E-state index < -0.39 is 5.54 Å². The number of aromatic nitrogens is 1. The highest BCUT2D eigenvalue weighted by atomic mass is 15.2. The van der Waals surface area contributed by atoms with Crippen LogP contribution in [0.25, 0.3) is 32.9 Å². The molecule has 1 unspecified atom stereocenters. The van der Waals surface area contributed by atoms with Gasteiger partial charge in [-0.15, -0.1) is 0 Å². The average molecular weight is 663 g/mol. The lowest BCUT2D eigenvalue weighted by molar-refractivity contribution is 0.544. The summed E-state index contributed by atoms with van der Waals surface area (Å²) in [7, 11) is 0. The lowest BCUT2D eigenvalue weighted by atomic mass is 9.72. The molecule has 0 saturated heterocycles. The van der Waals surface area contributed by atoms with Gasteiger partial charge in [0.1, 0.15) is 5.54 Å². The molecule has 0 amide bonds. The van der Waals surface area contributed by atoms with E-state index in [1.807, 2.05) is 0 Å². The number of nitrogens with zero attached hydrogens (tertiary/aromatic N) is 2. The standard InChI is InChI=1S/C50H34N2/c1-3-17-34(18-4-1)49-40-24-8-7-21-37(40)42-33-36(31-32-41(42)49)51-47-29-15-11-25-43(47)50(35-19-5-2-6-20-35,44-26-12-16-30-48(44)51)52-45-27-13-9-22-38(45)39-23-10-14-28-46(39)52/h1-33,49H. The Labute approximate surface area is 303 Å². The fourth-order valence-electron chi connectivity index (χ4n) is 9.48. The highest BCUT2D eigenvalue weighted by molar-refractivity contribution is 6.09. The minimum absolute atomic E-state index is 0.211. The summed E-state index contributed by atoms with van der Waals surface area (Å²) in [5.74, 6) is 0.211. The van der Waals surface area contributed by atoms with Gasteiger partial charge in [0.15, 0.2) is 0 Å². The van der Waals surface area contributed by atoms with Crippen LogP contribution in [-0.2, 0) is 5.54 Å². The summed E-state index contributed by atoms with van der Waals surface area (Å²) in [6.45, 7) is 0. The second kappa shape index (κ2) is 11.2. The zero-order chi connectivity index (χ0) is 34.2. The van der Waals surface area contributed by atoms with Crippen molar-refractivity contribution in [2.75, 3.05) is 4.90 Å². The van der Waals surface area contributed by atoms with Gasteiger partial charge in [0.25, 0.3) is 0 Å². The first-order chi connectivity index (χ1) is 25.8. The Balaban J connectivity index is 1.22. The van der Waals surface area contributed by atoms with Crippen LogP contribution in [0.4, 0.5) is 17.1 Å². The van der Waals surface area contributed by atoms with Crippen molar-refractivity contribution in [3.63, 3.8) is 0 Å². The van der Waals surface area contributed by atoms with Gasteiger partial charge < -0.3 is 9.47 Å². The Morgan fingerprint density at radius 3 is 1.60 bits per heavy atom. The van der Waals surface area contributed by atoms with Crippen LogP contribution in [0.15, 0.2) is 200 Å². The van der Waals surface area contributed by atoms with Crippen LogP contribution in [0.3, 0.4) is 0 Å². The number of rotatable bonds is 4. The summed E-state index contributed by atoms with van der Waals surface area (Å²) in [6, 6.07) is 74.1. The third kappa shape index (κ3) is 3.89. The van der Waals surface area contributed by atoms with Crippen molar-refractivity contribution in [1.29, 1.82) is 0 Å². The largest absolute Gasteiger partial charge is 0.322 e. The lowest BCUT2D eigenvalue weighted by Crippen LogP contribution is -2.42. The third-order valence-electron chi connectivity index (χ3n) is 11.5.